The molecular formula is C11H8ClNO2S. The van der Waals surface area contributed by atoms with Gasteiger partial charge in [-0.3, -0.25) is 5.32 Å². The Kier molecular flexibility index (Phi) is 3.12. The summed E-state index contributed by atoms with van der Waals surface area (Å²) in [6, 6.07) is 6.98. The zero-order valence-electron chi connectivity index (χ0n) is 8.11. The number of carboxylic acid groups (broad SMARTS) is 1. The van der Waals surface area contributed by atoms with E-state index in [9.17, 15) is 4.79 Å². The molecule has 1 heterocycles. The molecule has 2 N–H and O–H groups in total. The number of thiophene rings is 1. The van der Waals surface area contributed by atoms with E-state index in [-0.39, 0.29) is 0 Å². The van der Waals surface area contributed by atoms with Crippen LogP contribution in [0, 0.1) is 0 Å². The van der Waals surface area contributed by atoms with E-state index in [1.165, 1.54) is 0 Å². The van der Waals surface area contributed by atoms with Gasteiger partial charge in [0.2, 0.25) is 0 Å². The first-order valence-corrected chi connectivity index (χ1v) is 5.81. The van der Waals surface area contributed by atoms with Crippen molar-refractivity contribution < 1.29 is 9.90 Å². The molecule has 3 nitrogen and oxygen atoms in total. The smallest absolute Gasteiger partial charge is 0.409 e. The van der Waals surface area contributed by atoms with Gasteiger partial charge in [0.15, 0.2) is 0 Å². The van der Waals surface area contributed by atoms with Crippen LogP contribution in [0.1, 0.15) is 0 Å². The summed E-state index contributed by atoms with van der Waals surface area (Å²) >= 11 is 7.45. The molecule has 0 aliphatic rings. The molecule has 0 aliphatic heterocycles. The van der Waals surface area contributed by atoms with E-state index >= 15 is 0 Å². The molecule has 0 atom stereocenters. The summed E-state index contributed by atoms with van der Waals surface area (Å²) in [4.78, 5) is 10.6. The lowest BCUT2D eigenvalue weighted by Gasteiger charge is -2.08. The first kappa shape index (κ1) is 11.0. The molecule has 0 bridgehead atoms. The number of anilines is 1. The first-order valence-electron chi connectivity index (χ1n) is 4.49. The third-order valence-electron chi connectivity index (χ3n) is 2.06. The van der Waals surface area contributed by atoms with Crippen LogP contribution in [0.4, 0.5) is 10.5 Å². The third-order valence-corrected chi connectivity index (χ3v) is 2.97. The molecule has 1 aromatic heterocycles. The van der Waals surface area contributed by atoms with Crippen LogP contribution in [-0.2, 0) is 0 Å². The summed E-state index contributed by atoms with van der Waals surface area (Å²) in [5, 5.41) is 15.5. The molecule has 82 valence electrons. The third kappa shape index (κ3) is 2.35. The van der Waals surface area contributed by atoms with Crippen molar-refractivity contribution in [2.75, 3.05) is 5.32 Å². The lowest BCUT2D eigenvalue weighted by Crippen LogP contribution is -2.08. The Hall–Kier alpha value is -1.52. The fraction of sp³-hybridized carbons (Fsp3) is 0. The van der Waals surface area contributed by atoms with Gasteiger partial charge in [0.1, 0.15) is 0 Å². The van der Waals surface area contributed by atoms with Gasteiger partial charge in [-0.25, -0.2) is 4.79 Å². The van der Waals surface area contributed by atoms with Crippen molar-refractivity contribution in [3.05, 3.63) is 40.0 Å². The Labute approximate surface area is 101 Å². The standard InChI is InChI=1S/C11H8ClNO2S/c12-8-1-2-10(13-11(14)15)9(5-8)7-3-4-16-6-7/h1-6,13H,(H,14,15). The Bertz CT molecular complexity index is 511. The van der Waals surface area contributed by atoms with Crippen molar-refractivity contribution in [1.29, 1.82) is 0 Å². The van der Waals surface area contributed by atoms with Crippen LogP contribution in [0.25, 0.3) is 11.1 Å². The predicted octanol–water partition coefficient (Wildman–Crippen LogP) is 4.16. The molecule has 0 saturated heterocycles. The average Bonchev–Trinajstić information content (AvgIpc) is 2.73. The van der Waals surface area contributed by atoms with Crippen molar-refractivity contribution in [2.45, 2.75) is 0 Å². The first-order chi connectivity index (χ1) is 7.66. The van der Waals surface area contributed by atoms with E-state index in [1.54, 1.807) is 29.5 Å². The lowest BCUT2D eigenvalue weighted by atomic mass is 10.1. The quantitative estimate of drug-likeness (QED) is 0.844. The number of rotatable bonds is 2. The molecule has 16 heavy (non-hydrogen) atoms. The van der Waals surface area contributed by atoms with Crippen LogP contribution in [0.3, 0.4) is 0 Å². The monoisotopic (exact) mass is 253 g/mol. The van der Waals surface area contributed by atoms with Gasteiger partial charge in [-0.1, -0.05) is 11.6 Å². The number of nitrogens with one attached hydrogen (secondary N) is 1. The molecular weight excluding hydrogens is 246 g/mol. The lowest BCUT2D eigenvalue weighted by molar-refractivity contribution is 0.210. The minimum atomic E-state index is -1.08. The molecule has 0 unspecified atom stereocenters. The van der Waals surface area contributed by atoms with Gasteiger partial charge in [-0.2, -0.15) is 11.3 Å². The molecule has 1 aromatic carbocycles. The highest BCUT2D eigenvalue weighted by Gasteiger charge is 2.08. The van der Waals surface area contributed by atoms with Crippen molar-refractivity contribution in [1.82, 2.24) is 0 Å². The van der Waals surface area contributed by atoms with Crippen LogP contribution in [0.15, 0.2) is 35.0 Å². The minimum absolute atomic E-state index is 0.537. The van der Waals surface area contributed by atoms with Gasteiger partial charge in [0.05, 0.1) is 5.69 Å². The summed E-state index contributed by atoms with van der Waals surface area (Å²) in [5.74, 6) is 0. The van der Waals surface area contributed by atoms with Crippen LogP contribution >= 0.6 is 22.9 Å². The van der Waals surface area contributed by atoms with Crippen molar-refractivity contribution in [2.24, 2.45) is 0 Å². The Morgan fingerprint density at radius 2 is 2.19 bits per heavy atom. The van der Waals surface area contributed by atoms with Crippen molar-refractivity contribution in [3.63, 3.8) is 0 Å². The molecule has 2 rings (SSSR count). The maximum atomic E-state index is 10.6. The highest BCUT2D eigenvalue weighted by atomic mass is 35.5. The Balaban J connectivity index is 2.48. The fourth-order valence-corrected chi connectivity index (χ4v) is 2.23. The van der Waals surface area contributed by atoms with Crippen molar-refractivity contribution in [3.8, 4) is 11.1 Å². The molecule has 0 saturated carbocycles. The summed E-state index contributed by atoms with van der Waals surface area (Å²) in [6.07, 6.45) is -1.08. The molecule has 1 amide bonds. The van der Waals surface area contributed by atoms with Gasteiger partial charge in [0, 0.05) is 10.6 Å². The summed E-state index contributed by atoms with van der Waals surface area (Å²) in [6.45, 7) is 0. The zero-order chi connectivity index (χ0) is 11.5. The number of hydrogen-bond acceptors (Lipinski definition) is 2. The molecule has 5 heteroatoms. The molecule has 2 aromatic rings. The second-order valence-electron chi connectivity index (χ2n) is 3.13. The van der Waals surface area contributed by atoms with E-state index in [1.807, 2.05) is 16.8 Å². The minimum Gasteiger partial charge on any atom is -0.465 e. The van der Waals surface area contributed by atoms with Crippen LogP contribution in [-0.4, -0.2) is 11.2 Å². The van der Waals surface area contributed by atoms with Gasteiger partial charge in [-0.05, 0) is 40.6 Å². The maximum absolute atomic E-state index is 10.6. The number of carbonyl (C=O) groups is 1. The van der Waals surface area contributed by atoms with Gasteiger partial charge < -0.3 is 5.11 Å². The highest BCUT2D eigenvalue weighted by molar-refractivity contribution is 7.08. The normalized spacial score (nSPS) is 10.1. The van der Waals surface area contributed by atoms with E-state index in [4.69, 9.17) is 16.7 Å². The van der Waals surface area contributed by atoms with Crippen molar-refractivity contribution >= 4 is 34.7 Å². The van der Waals surface area contributed by atoms with E-state index < -0.39 is 6.09 Å². The van der Waals surface area contributed by atoms with Gasteiger partial charge >= 0.3 is 6.09 Å². The predicted molar refractivity (Wildman–Crippen MR) is 66.4 cm³/mol. The highest BCUT2D eigenvalue weighted by Crippen LogP contribution is 2.32. The number of benzene rings is 1. The Morgan fingerprint density at radius 3 is 2.81 bits per heavy atom. The summed E-state index contributed by atoms with van der Waals surface area (Å²) in [7, 11) is 0. The number of halogens is 1. The van der Waals surface area contributed by atoms with Crippen LogP contribution in [0.5, 0.6) is 0 Å². The summed E-state index contributed by atoms with van der Waals surface area (Å²) in [5.41, 5.74) is 2.28. The second-order valence-corrected chi connectivity index (χ2v) is 4.35. The second kappa shape index (κ2) is 4.55. The number of hydrogen-bond donors (Lipinski definition) is 2. The molecule has 0 spiro atoms. The van der Waals surface area contributed by atoms with Crippen LogP contribution in [0.2, 0.25) is 5.02 Å². The van der Waals surface area contributed by atoms with E-state index in [0.717, 1.165) is 11.1 Å². The fourth-order valence-electron chi connectivity index (χ4n) is 1.40. The molecule has 0 aliphatic carbocycles. The van der Waals surface area contributed by atoms with Crippen LogP contribution < -0.4 is 5.32 Å². The Morgan fingerprint density at radius 1 is 1.38 bits per heavy atom. The van der Waals surface area contributed by atoms with Gasteiger partial charge in [-0.15, -0.1) is 0 Å². The SMILES string of the molecule is O=C(O)Nc1ccc(Cl)cc1-c1ccsc1. The van der Waals surface area contributed by atoms with E-state index in [2.05, 4.69) is 5.32 Å². The number of amides is 1. The topological polar surface area (TPSA) is 49.3 Å². The molecule has 0 radical (unpaired) electrons. The summed E-state index contributed by atoms with van der Waals surface area (Å²) < 4.78 is 0. The molecule has 0 fully saturated rings. The maximum Gasteiger partial charge on any atom is 0.409 e. The zero-order valence-corrected chi connectivity index (χ0v) is 9.68. The average molecular weight is 254 g/mol. The largest absolute Gasteiger partial charge is 0.465 e. The van der Waals surface area contributed by atoms with Gasteiger partial charge in [0.25, 0.3) is 0 Å². The van der Waals surface area contributed by atoms with E-state index in [0.29, 0.717) is 10.7 Å².